The van der Waals surface area contributed by atoms with Gasteiger partial charge in [0.2, 0.25) is 11.8 Å². The van der Waals surface area contributed by atoms with E-state index in [1.54, 1.807) is 0 Å². The van der Waals surface area contributed by atoms with Crippen LogP contribution in [-0.4, -0.2) is 10.2 Å². The number of aromatic nitrogens is 2. The summed E-state index contributed by atoms with van der Waals surface area (Å²) in [7, 11) is 0. The number of fused-ring (bicyclic) bond motifs is 1. The number of nitrogens with zero attached hydrogens (tertiary/aromatic N) is 2. The van der Waals surface area contributed by atoms with E-state index in [1.165, 1.54) is 16.3 Å². The monoisotopic (exact) mass is 364 g/mol. The van der Waals surface area contributed by atoms with Gasteiger partial charge in [-0.15, -0.1) is 10.2 Å². The zero-order valence-corrected chi connectivity index (χ0v) is 13.8. The number of rotatable bonds is 3. The van der Waals surface area contributed by atoms with Crippen molar-refractivity contribution in [1.29, 1.82) is 0 Å². The third kappa shape index (κ3) is 2.90. The summed E-state index contributed by atoms with van der Waals surface area (Å²) in [5.41, 5.74) is 2.10. The maximum Gasteiger partial charge on any atom is 0.247 e. The van der Waals surface area contributed by atoms with E-state index < -0.39 is 0 Å². The highest BCUT2D eigenvalue weighted by molar-refractivity contribution is 9.10. The molecule has 3 nitrogen and oxygen atoms in total. The van der Waals surface area contributed by atoms with Gasteiger partial charge in [0.15, 0.2) is 0 Å². The molecule has 1 aromatic heterocycles. The van der Waals surface area contributed by atoms with Crippen molar-refractivity contribution in [1.82, 2.24) is 10.2 Å². The lowest BCUT2D eigenvalue weighted by atomic mass is 10.0. The lowest BCUT2D eigenvalue weighted by Gasteiger charge is -2.03. The minimum atomic E-state index is 0.543. The Morgan fingerprint density at radius 1 is 0.870 bits per heavy atom. The lowest BCUT2D eigenvalue weighted by molar-refractivity contribution is 0.518. The van der Waals surface area contributed by atoms with E-state index in [2.05, 4.69) is 56.5 Å². The van der Waals surface area contributed by atoms with Crippen molar-refractivity contribution in [3.63, 3.8) is 0 Å². The molecule has 0 aliphatic rings. The molecule has 0 saturated carbocycles. The Hall–Kier alpha value is -2.46. The zero-order chi connectivity index (χ0) is 15.6. The number of halogens is 1. The molecule has 0 radical (unpaired) electrons. The number of hydrogen-bond donors (Lipinski definition) is 0. The molecule has 4 aromatic rings. The Bertz CT molecular complexity index is 972. The molecule has 0 spiro atoms. The number of hydrogen-bond acceptors (Lipinski definition) is 3. The van der Waals surface area contributed by atoms with Gasteiger partial charge < -0.3 is 4.42 Å². The van der Waals surface area contributed by atoms with Gasteiger partial charge in [0.25, 0.3) is 0 Å². The van der Waals surface area contributed by atoms with Crippen LogP contribution in [0.15, 0.2) is 75.6 Å². The summed E-state index contributed by atoms with van der Waals surface area (Å²) >= 11 is 3.46. The lowest BCUT2D eigenvalue weighted by Crippen LogP contribution is -1.90. The molecule has 0 unspecified atom stereocenters. The summed E-state index contributed by atoms with van der Waals surface area (Å²) < 4.78 is 6.82. The molecule has 4 heteroatoms. The molecule has 112 valence electrons. The molecule has 0 amide bonds. The Labute approximate surface area is 142 Å². The predicted octanol–water partition coefficient (Wildman–Crippen LogP) is 5.24. The molecular formula is C19H13BrN2O. The van der Waals surface area contributed by atoms with Gasteiger partial charge >= 0.3 is 0 Å². The Balaban J connectivity index is 1.67. The minimum absolute atomic E-state index is 0.543. The molecule has 0 N–H and O–H groups in total. The largest absolute Gasteiger partial charge is 0.420 e. The first-order valence-electron chi connectivity index (χ1n) is 7.34. The van der Waals surface area contributed by atoms with Crippen molar-refractivity contribution >= 4 is 26.7 Å². The maximum atomic E-state index is 5.83. The van der Waals surface area contributed by atoms with Gasteiger partial charge in [-0.1, -0.05) is 64.5 Å². The predicted molar refractivity (Wildman–Crippen MR) is 94.2 cm³/mol. The Kier molecular flexibility index (Phi) is 3.67. The summed E-state index contributed by atoms with van der Waals surface area (Å²) in [5.74, 6) is 1.16. The van der Waals surface area contributed by atoms with Crippen LogP contribution in [0.1, 0.15) is 11.5 Å². The number of benzene rings is 3. The summed E-state index contributed by atoms with van der Waals surface area (Å²) in [5, 5.41) is 10.8. The van der Waals surface area contributed by atoms with E-state index in [4.69, 9.17) is 4.42 Å². The second-order valence-corrected chi connectivity index (χ2v) is 6.24. The summed E-state index contributed by atoms with van der Waals surface area (Å²) in [6.07, 6.45) is 0.627. The zero-order valence-electron chi connectivity index (χ0n) is 12.2. The van der Waals surface area contributed by atoms with E-state index in [0.717, 1.165) is 10.0 Å². The molecule has 3 aromatic carbocycles. The fourth-order valence-electron chi connectivity index (χ4n) is 2.67. The second kappa shape index (κ2) is 5.97. The van der Waals surface area contributed by atoms with E-state index in [9.17, 15) is 0 Å². The van der Waals surface area contributed by atoms with Crippen molar-refractivity contribution in [2.45, 2.75) is 6.42 Å². The molecule has 0 saturated heterocycles. The van der Waals surface area contributed by atoms with Crippen LogP contribution in [0.3, 0.4) is 0 Å². The van der Waals surface area contributed by atoms with Crippen molar-refractivity contribution in [3.8, 4) is 11.5 Å². The summed E-state index contributed by atoms with van der Waals surface area (Å²) in [6.45, 7) is 0. The van der Waals surface area contributed by atoms with Crippen LogP contribution in [0.4, 0.5) is 0 Å². The minimum Gasteiger partial charge on any atom is -0.420 e. The molecule has 0 aliphatic heterocycles. The molecule has 23 heavy (non-hydrogen) atoms. The van der Waals surface area contributed by atoms with Gasteiger partial charge in [-0.25, -0.2) is 0 Å². The maximum absolute atomic E-state index is 5.83. The van der Waals surface area contributed by atoms with Crippen LogP contribution < -0.4 is 0 Å². The third-order valence-electron chi connectivity index (χ3n) is 3.76. The van der Waals surface area contributed by atoms with Crippen molar-refractivity contribution in [3.05, 3.63) is 82.7 Å². The van der Waals surface area contributed by atoms with Gasteiger partial charge in [0, 0.05) is 10.0 Å². The van der Waals surface area contributed by atoms with Crippen LogP contribution in [0.2, 0.25) is 0 Å². The normalized spacial score (nSPS) is 11.0. The van der Waals surface area contributed by atoms with Crippen molar-refractivity contribution < 1.29 is 4.42 Å². The van der Waals surface area contributed by atoms with Crippen LogP contribution >= 0.6 is 15.9 Å². The van der Waals surface area contributed by atoms with Gasteiger partial charge in [-0.2, -0.15) is 0 Å². The van der Waals surface area contributed by atoms with E-state index >= 15 is 0 Å². The average molecular weight is 365 g/mol. The fraction of sp³-hybridized carbons (Fsp3) is 0.0526. The topological polar surface area (TPSA) is 38.9 Å². The van der Waals surface area contributed by atoms with Gasteiger partial charge in [0.1, 0.15) is 0 Å². The van der Waals surface area contributed by atoms with Crippen LogP contribution in [0.25, 0.3) is 22.2 Å². The average Bonchev–Trinajstić information content (AvgIpc) is 3.04. The first-order valence-corrected chi connectivity index (χ1v) is 8.14. The van der Waals surface area contributed by atoms with Crippen LogP contribution in [0.5, 0.6) is 0 Å². The molecule has 4 rings (SSSR count). The summed E-state index contributed by atoms with van der Waals surface area (Å²) in [6, 6.07) is 22.4. The molecule has 0 fully saturated rings. The SMILES string of the molecule is Brc1cccc(-c2nnc(Cc3cccc4ccccc34)o2)c1. The van der Waals surface area contributed by atoms with Gasteiger partial charge in [-0.3, -0.25) is 0 Å². The smallest absolute Gasteiger partial charge is 0.247 e. The molecule has 0 bridgehead atoms. The third-order valence-corrected chi connectivity index (χ3v) is 4.25. The molecular weight excluding hydrogens is 352 g/mol. The highest BCUT2D eigenvalue weighted by Crippen LogP contribution is 2.24. The van der Waals surface area contributed by atoms with Gasteiger partial charge in [-0.05, 0) is 34.5 Å². The molecule has 1 heterocycles. The van der Waals surface area contributed by atoms with Gasteiger partial charge in [0.05, 0.1) is 6.42 Å². The quantitative estimate of drug-likeness (QED) is 0.498. The molecule has 0 aliphatic carbocycles. The Morgan fingerprint density at radius 2 is 1.70 bits per heavy atom. The second-order valence-electron chi connectivity index (χ2n) is 5.33. The van der Waals surface area contributed by atoms with Crippen LogP contribution in [0, 0.1) is 0 Å². The Morgan fingerprint density at radius 3 is 2.61 bits per heavy atom. The van der Waals surface area contributed by atoms with E-state index in [1.807, 2.05) is 36.4 Å². The standard InChI is InChI=1S/C19H13BrN2O/c20-16-9-4-8-15(11-16)19-22-21-18(23-19)12-14-7-3-6-13-5-1-2-10-17(13)14/h1-11H,12H2. The highest BCUT2D eigenvalue weighted by Gasteiger charge is 2.11. The first kappa shape index (κ1) is 14.2. The van der Waals surface area contributed by atoms with E-state index in [0.29, 0.717) is 18.2 Å². The van der Waals surface area contributed by atoms with E-state index in [-0.39, 0.29) is 0 Å². The van der Waals surface area contributed by atoms with Crippen molar-refractivity contribution in [2.24, 2.45) is 0 Å². The fourth-order valence-corrected chi connectivity index (χ4v) is 3.07. The highest BCUT2D eigenvalue weighted by atomic mass is 79.9. The van der Waals surface area contributed by atoms with Crippen molar-refractivity contribution in [2.75, 3.05) is 0 Å². The van der Waals surface area contributed by atoms with Crippen LogP contribution in [-0.2, 0) is 6.42 Å². The first-order chi connectivity index (χ1) is 11.3. The molecule has 0 atom stereocenters. The summed E-state index contributed by atoms with van der Waals surface area (Å²) in [4.78, 5) is 0.